The predicted octanol–water partition coefficient (Wildman–Crippen LogP) is 1.21. The molecular weight excluding hydrogens is 591 g/mol. The van der Waals surface area contributed by atoms with E-state index in [0.29, 0.717) is 0 Å². The maximum Gasteiger partial charge on any atom is 2.00 e. The summed E-state index contributed by atoms with van der Waals surface area (Å²) in [7, 11) is 0. The molecule has 0 amide bonds. The van der Waals surface area contributed by atoms with Gasteiger partial charge in [-0.2, -0.15) is 0 Å². The Morgan fingerprint density at radius 3 is 0.763 bits per heavy atom. The number of hydrogen-bond donors (Lipinski definition) is 0. The Morgan fingerprint density at radius 2 is 0.553 bits per heavy atom. The third-order valence-corrected chi connectivity index (χ3v) is 5.99. The van der Waals surface area contributed by atoms with Gasteiger partial charge in [0.2, 0.25) is 0 Å². The average molecular weight is 603 g/mol. The van der Waals surface area contributed by atoms with Gasteiger partial charge in [-0.15, -0.1) is 0 Å². The van der Waals surface area contributed by atoms with Crippen molar-refractivity contribution in [3.8, 4) is 23.0 Å². The van der Waals surface area contributed by atoms with E-state index in [-0.39, 0.29) is 78.6 Å². The minimum absolute atomic E-state index is 0. The van der Waals surface area contributed by atoms with Crippen molar-refractivity contribution in [1.82, 2.24) is 0 Å². The molecule has 2 radical (unpaired) electrons. The topological polar surface area (TPSA) is 161 Å². The number of carbonyl (C=O) groups excluding carboxylic acids is 4. The quantitative estimate of drug-likeness (QED) is 0.234. The molecule has 0 spiro atoms. The fourth-order valence-electron chi connectivity index (χ4n) is 4.36. The summed E-state index contributed by atoms with van der Waals surface area (Å²) in [6.45, 7) is 0. The first-order valence-electron chi connectivity index (χ1n) is 10.6. The summed E-state index contributed by atoms with van der Waals surface area (Å²) >= 11 is 0. The van der Waals surface area contributed by atoms with Crippen molar-refractivity contribution in [2.24, 2.45) is 0 Å². The molecular formula is C28H12Cu2O8. The zero-order chi connectivity index (χ0) is 25.7. The van der Waals surface area contributed by atoms with Crippen LogP contribution < -0.4 is 20.4 Å². The summed E-state index contributed by atoms with van der Waals surface area (Å²) < 4.78 is 0. The van der Waals surface area contributed by atoms with Gasteiger partial charge in [0.25, 0.3) is 0 Å². The van der Waals surface area contributed by atoms with Crippen molar-refractivity contribution in [3.63, 3.8) is 0 Å². The number of rotatable bonds is 0. The number of hydrogen-bond acceptors (Lipinski definition) is 8. The minimum atomic E-state index is -0.657. The SMILES string of the molecule is O=C1c2cccc([O-])c2C(=O)c2c([O-])cccc21.O=C1c2cccc([O-])c2C(=O)c2c([O-])cccc21.[Cu+2].[Cu+2]. The van der Waals surface area contributed by atoms with Gasteiger partial charge in [0.05, 0.1) is 0 Å². The molecule has 0 N–H and O–H groups in total. The van der Waals surface area contributed by atoms with Crippen molar-refractivity contribution in [3.05, 3.63) is 117 Å². The van der Waals surface area contributed by atoms with Crippen LogP contribution in [0.4, 0.5) is 0 Å². The third-order valence-electron chi connectivity index (χ3n) is 5.99. The molecule has 0 unspecified atom stereocenters. The van der Waals surface area contributed by atoms with Gasteiger partial charge in [-0.1, -0.05) is 95.8 Å². The molecule has 8 nitrogen and oxygen atoms in total. The molecule has 2 aliphatic carbocycles. The zero-order valence-electron chi connectivity index (χ0n) is 18.8. The predicted molar refractivity (Wildman–Crippen MR) is 117 cm³/mol. The molecule has 194 valence electrons. The van der Waals surface area contributed by atoms with Crippen LogP contribution in [0.2, 0.25) is 0 Å². The van der Waals surface area contributed by atoms with E-state index in [0.717, 1.165) is 0 Å². The first kappa shape index (κ1) is 28.4. The van der Waals surface area contributed by atoms with Gasteiger partial charge >= 0.3 is 34.1 Å². The standard InChI is InChI=1S/2C14H8O4.2Cu/c2*15-9-5-1-3-7-11(9)14(18)12-8(13(7)17)4-2-6-10(12)16;;/h2*1-6,15-16H;;/q;;2*+2/p-4. The van der Waals surface area contributed by atoms with E-state index in [4.69, 9.17) is 0 Å². The van der Waals surface area contributed by atoms with Crippen molar-refractivity contribution in [2.75, 3.05) is 0 Å². The maximum absolute atomic E-state index is 12.1. The number of fused-ring (bicyclic) bond motifs is 4. The van der Waals surface area contributed by atoms with E-state index in [2.05, 4.69) is 0 Å². The summed E-state index contributed by atoms with van der Waals surface area (Å²) in [6.07, 6.45) is 0. The van der Waals surface area contributed by atoms with Crippen molar-refractivity contribution in [1.29, 1.82) is 0 Å². The Morgan fingerprint density at radius 1 is 0.342 bits per heavy atom. The smallest absolute Gasteiger partial charge is 0.872 e. The molecule has 6 rings (SSSR count). The van der Waals surface area contributed by atoms with Crippen LogP contribution in [0.25, 0.3) is 0 Å². The van der Waals surface area contributed by atoms with Crippen LogP contribution in [0.3, 0.4) is 0 Å². The summed E-state index contributed by atoms with van der Waals surface area (Å²) in [5.41, 5.74) is -0.486. The second kappa shape index (κ2) is 10.7. The molecule has 10 heteroatoms. The van der Waals surface area contributed by atoms with E-state index in [1.165, 1.54) is 72.8 Å². The molecule has 0 heterocycles. The van der Waals surface area contributed by atoms with Crippen LogP contribution in [-0.2, 0) is 34.1 Å². The van der Waals surface area contributed by atoms with E-state index < -0.39 is 46.1 Å². The van der Waals surface area contributed by atoms with E-state index in [1.54, 1.807) is 0 Å². The molecule has 4 aromatic carbocycles. The van der Waals surface area contributed by atoms with Crippen LogP contribution in [0.15, 0.2) is 72.8 Å². The fraction of sp³-hybridized carbons (Fsp3) is 0. The Kier molecular flexibility index (Phi) is 7.95. The average Bonchev–Trinajstić information content (AvgIpc) is 2.86. The van der Waals surface area contributed by atoms with Crippen LogP contribution in [0.1, 0.15) is 63.7 Å². The number of carbonyl (C=O) groups is 4. The fourth-order valence-corrected chi connectivity index (χ4v) is 4.36. The maximum atomic E-state index is 12.1. The molecule has 0 atom stereocenters. The molecule has 0 fully saturated rings. The molecule has 2 aliphatic rings. The molecule has 4 aromatic rings. The first-order valence-corrected chi connectivity index (χ1v) is 10.6. The molecule has 0 aliphatic heterocycles. The van der Waals surface area contributed by atoms with Crippen LogP contribution >= 0.6 is 0 Å². The summed E-state index contributed by atoms with van der Waals surface area (Å²) in [5.74, 6) is -4.32. The Labute approximate surface area is 236 Å². The molecule has 38 heavy (non-hydrogen) atoms. The van der Waals surface area contributed by atoms with E-state index in [1.807, 2.05) is 0 Å². The van der Waals surface area contributed by atoms with E-state index >= 15 is 0 Å². The van der Waals surface area contributed by atoms with Gasteiger partial charge in [-0.3, -0.25) is 19.2 Å². The van der Waals surface area contributed by atoms with Gasteiger partial charge < -0.3 is 20.4 Å². The Balaban J connectivity index is 0.000000200. The van der Waals surface area contributed by atoms with Gasteiger partial charge in [-0.25, -0.2) is 0 Å². The number of ketones is 4. The van der Waals surface area contributed by atoms with E-state index in [9.17, 15) is 39.6 Å². The first-order chi connectivity index (χ1) is 17.2. The second-order valence-electron chi connectivity index (χ2n) is 8.03. The van der Waals surface area contributed by atoms with Crippen LogP contribution in [0.5, 0.6) is 23.0 Å². The molecule has 0 saturated carbocycles. The van der Waals surface area contributed by atoms with Crippen molar-refractivity contribution < 1.29 is 73.7 Å². The van der Waals surface area contributed by atoms with Crippen LogP contribution in [0, 0.1) is 0 Å². The zero-order valence-corrected chi connectivity index (χ0v) is 20.7. The van der Waals surface area contributed by atoms with Gasteiger partial charge in [0.1, 0.15) is 0 Å². The summed E-state index contributed by atoms with van der Waals surface area (Å²) in [5, 5.41) is 46.7. The molecule has 0 bridgehead atoms. The van der Waals surface area contributed by atoms with Gasteiger partial charge in [-0.05, 0) is 0 Å². The summed E-state index contributed by atoms with van der Waals surface area (Å²) in [4.78, 5) is 48.5. The summed E-state index contributed by atoms with van der Waals surface area (Å²) in [6, 6.07) is 16.3. The van der Waals surface area contributed by atoms with Crippen molar-refractivity contribution in [2.45, 2.75) is 0 Å². The molecule has 0 aromatic heterocycles. The Hall–Kier alpha value is -4.20. The van der Waals surface area contributed by atoms with Gasteiger partial charge in [0, 0.05) is 44.5 Å². The second-order valence-corrected chi connectivity index (χ2v) is 8.03. The third kappa shape index (κ3) is 4.30. The molecule has 0 saturated heterocycles. The normalized spacial score (nSPS) is 12.4. The largest absolute Gasteiger partial charge is 2.00 e. The monoisotopic (exact) mass is 602 g/mol. The Bertz CT molecular complexity index is 1420. The van der Waals surface area contributed by atoms with Crippen LogP contribution in [-0.4, -0.2) is 23.1 Å². The van der Waals surface area contributed by atoms with Gasteiger partial charge in [0.15, 0.2) is 23.1 Å². The minimum Gasteiger partial charge on any atom is -0.872 e. The number of benzene rings is 4. The van der Waals surface area contributed by atoms with Crippen molar-refractivity contribution >= 4 is 23.1 Å².